The van der Waals surface area contributed by atoms with Crippen LogP contribution in [0.1, 0.15) is 29.7 Å². The van der Waals surface area contributed by atoms with E-state index in [1.54, 1.807) is 6.20 Å². The van der Waals surface area contributed by atoms with Crippen molar-refractivity contribution in [3.05, 3.63) is 47.3 Å². The largest absolute Gasteiger partial charge is 0.376 e. The van der Waals surface area contributed by atoms with E-state index >= 15 is 0 Å². The molecule has 1 atom stereocenters. The van der Waals surface area contributed by atoms with Crippen molar-refractivity contribution in [1.82, 2.24) is 10.2 Å². The molecule has 0 bridgehead atoms. The summed E-state index contributed by atoms with van der Waals surface area (Å²) in [5.41, 5.74) is 4.93. The van der Waals surface area contributed by atoms with Crippen molar-refractivity contribution in [2.75, 3.05) is 5.32 Å². The van der Waals surface area contributed by atoms with Crippen molar-refractivity contribution in [3.63, 3.8) is 0 Å². The van der Waals surface area contributed by atoms with Gasteiger partial charge in [-0.1, -0.05) is 29.3 Å². The van der Waals surface area contributed by atoms with E-state index in [2.05, 4.69) is 54.5 Å². The first kappa shape index (κ1) is 10.7. The quantitative estimate of drug-likeness (QED) is 0.825. The number of aromatic nitrogens is 2. The molecule has 3 heteroatoms. The highest BCUT2D eigenvalue weighted by atomic mass is 15.1. The van der Waals surface area contributed by atoms with Crippen LogP contribution in [0.4, 0.5) is 5.69 Å². The second-order valence-electron chi connectivity index (χ2n) is 4.27. The van der Waals surface area contributed by atoms with Gasteiger partial charge in [-0.05, 0) is 26.3 Å². The Morgan fingerprint density at radius 3 is 2.44 bits per heavy atom. The fraction of sp³-hybridized carbons (Fsp3) is 0.308. The number of benzene rings is 1. The van der Waals surface area contributed by atoms with Crippen molar-refractivity contribution in [1.29, 1.82) is 0 Å². The molecule has 0 aliphatic carbocycles. The molecule has 16 heavy (non-hydrogen) atoms. The highest BCUT2D eigenvalue weighted by Crippen LogP contribution is 2.20. The normalized spacial score (nSPS) is 12.4. The maximum Gasteiger partial charge on any atom is 0.0728 e. The third-order valence-corrected chi connectivity index (χ3v) is 2.63. The van der Waals surface area contributed by atoms with Gasteiger partial charge < -0.3 is 5.32 Å². The Labute approximate surface area is 95.9 Å². The zero-order valence-corrected chi connectivity index (χ0v) is 9.91. The zero-order valence-electron chi connectivity index (χ0n) is 9.91. The minimum absolute atomic E-state index is 0.288. The van der Waals surface area contributed by atoms with Crippen LogP contribution in [0, 0.1) is 13.8 Å². The average molecular weight is 215 g/mol. The van der Waals surface area contributed by atoms with Crippen LogP contribution < -0.4 is 5.32 Å². The average Bonchev–Trinajstić information content (AvgIpc) is 2.68. The summed E-state index contributed by atoms with van der Waals surface area (Å²) in [6, 6.07) is 6.90. The zero-order chi connectivity index (χ0) is 11.5. The van der Waals surface area contributed by atoms with Gasteiger partial charge in [0.1, 0.15) is 0 Å². The maximum atomic E-state index is 3.92. The molecule has 0 aliphatic rings. The molecule has 3 nitrogen and oxygen atoms in total. The Morgan fingerprint density at radius 2 is 1.88 bits per heavy atom. The van der Waals surface area contributed by atoms with E-state index < -0.39 is 0 Å². The van der Waals surface area contributed by atoms with Crippen LogP contribution in [0.3, 0.4) is 0 Å². The summed E-state index contributed by atoms with van der Waals surface area (Å²) in [5.74, 6) is 0. The summed E-state index contributed by atoms with van der Waals surface area (Å²) in [5, 5.41) is 10.1. The predicted octanol–water partition coefficient (Wildman–Crippen LogP) is 3.20. The van der Waals surface area contributed by atoms with E-state index in [1.807, 2.05) is 6.20 Å². The smallest absolute Gasteiger partial charge is 0.0728 e. The molecule has 2 aromatic rings. The molecular formula is C13H17N3. The van der Waals surface area contributed by atoms with Crippen LogP contribution in [-0.2, 0) is 0 Å². The van der Waals surface area contributed by atoms with Crippen LogP contribution in [0.5, 0.6) is 0 Å². The van der Waals surface area contributed by atoms with Gasteiger partial charge in [0.05, 0.1) is 11.9 Å². The lowest BCUT2D eigenvalue weighted by atomic mass is 10.0. The standard InChI is InChI=1S/C13H17N3/c1-9-4-10(2)6-12(5-9)11(3)16-13-7-14-15-8-13/h4-8,11,16H,1-3H3,(H,14,15). The number of rotatable bonds is 3. The highest BCUT2D eigenvalue weighted by Gasteiger charge is 2.06. The Bertz CT molecular complexity index is 440. The summed E-state index contributed by atoms with van der Waals surface area (Å²) in [7, 11) is 0. The molecule has 84 valence electrons. The molecule has 0 amide bonds. The van der Waals surface area contributed by atoms with Crippen molar-refractivity contribution in [2.45, 2.75) is 26.8 Å². The molecule has 1 aromatic carbocycles. The van der Waals surface area contributed by atoms with E-state index in [4.69, 9.17) is 0 Å². The number of nitrogens with one attached hydrogen (secondary N) is 2. The highest BCUT2D eigenvalue weighted by molar-refractivity contribution is 5.42. The van der Waals surface area contributed by atoms with Crippen molar-refractivity contribution in [2.24, 2.45) is 0 Å². The first-order valence-corrected chi connectivity index (χ1v) is 5.48. The van der Waals surface area contributed by atoms with Gasteiger partial charge in [-0.15, -0.1) is 0 Å². The summed E-state index contributed by atoms with van der Waals surface area (Å²) in [4.78, 5) is 0. The summed E-state index contributed by atoms with van der Waals surface area (Å²) in [6.07, 6.45) is 3.65. The van der Waals surface area contributed by atoms with E-state index in [9.17, 15) is 0 Å². The second-order valence-corrected chi connectivity index (χ2v) is 4.27. The predicted molar refractivity (Wildman–Crippen MR) is 66.5 cm³/mol. The number of anilines is 1. The Kier molecular flexibility index (Phi) is 2.95. The van der Waals surface area contributed by atoms with Crippen molar-refractivity contribution in [3.8, 4) is 0 Å². The molecule has 1 unspecified atom stereocenters. The third kappa shape index (κ3) is 2.42. The summed E-state index contributed by atoms with van der Waals surface area (Å²) in [6.45, 7) is 6.41. The number of aryl methyl sites for hydroxylation is 2. The van der Waals surface area contributed by atoms with E-state index in [0.29, 0.717) is 0 Å². The van der Waals surface area contributed by atoms with Gasteiger partial charge in [0, 0.05) is 12.2 Å². The third-order valence-electron chi connectivity index (χ3n) is 2.63. The number of aromatic amines is 1. The summed E-state index contributed by atoms with van der Waals surface area (Å²) >= 11 is 0. The molecule has 1 heterocycles. The summed E-state index contributed by atoms with van der Waals surface area (Å²) < 4.78 is 0. The number of hydrogen-bond acceptors (Lipinski definition) is 2. The second kappa shape index (κ2) is 4.39. The SMILES string of the molecule is Cc1cc(C)cc(C(C)Nc2cn[nH]c2)c1. The first-order valence-electron chi connectivity index (χ1n) is 5.48. The molecule has 0 aliphatic heterocycles. The molecule has 0 fully saturated rings. The number of H-pyrrole nitrogens is 1. The lowest BCUT2D eigenvalue weighted by molar-refractivity contribution is 0.881. The topological polar surface area (TPSA) is 40.7 Å². The van der Waals surface area contributed by atoms with Crippen LogP contribution in [0.2, 0.25) is 0 Å². The molecular weight excluding hydrogens is 198 g/mol. The van der Waals surface area contributed by atoms with Gasteiger partial charge in [-0.2, -0.15) is 5.10 Å². The van der Waals surface area contributed by atoms with Gasteiger partial charge in [0.15, 0.2) is 0 Å². The number of nitrogens with zero attached hydrogens (tertiary/aromatic N) is 1. The molecule has 1 aromatic heterocycles. The van der Waals surface area contributed by atoms with Crippen LogP contribution in [-0.4, -0.2) is 10.2 Å². The Morgan fingerprint density at radius 1 is 1.19 bits per heavy atom. The van der Waals surface area contributed by atoms with E-state index in [-0.39, 0.29) is 6.04 Å². The van der Waals surface area contributed by atoms with E-state index in [1.165, 1.54) is 16.7 Å². The lowest BCUT2D eigenvalue weighted by Crippen LogP contribution is -2.06. The molecule has 0 radical (unpaired) electrons. The minimum atomic E-state index is 0.288. The van der Waals surface area contributed by atoms with Gasteiger partial charge in [-0.25, -0.2) is 0 Å². The van der Waals surface area contributed by atoms with Gasteiger partial charge in [0.25, 0.3) is 0 Å². The Hall–Kier alpha value is -1.77. The monoisotopic (exact) mass is 215 g/mol. The molecule has 0 saturated carbocycles. The van der Waals surface area contributed by atoms with Crippen LogP contribution in [0.25, 0.3) is 0 Å². The van der Waals surface area contributed by atoms with Gasteiger partial charge >= 0.3 is 0 Å². The lowest BCUT2D eigenvalue weighted by Gasteiger charge is -2.15. The van der Waals surface area contributed by atoms with Crippen LogP contribution >= 0.6 is 0 Å². The maximum absolute atomic E-state index is 3.92. The van der Waals surface area contributed by atoms with Gasteiger partial charge in [-0.3, -0.25) is 5.10 Å². The Balaban J connectivity index is 2.17. The number of hydrogen-bond donors (Lipinski definition) is 2. The molecule has 2 N–H and O–H groups in total. The molecule has 0 saturated heterocycles. The molecule has 2 rings (SSSR count). The minimum Gasteiger partial charge on any atom is -0.376 e. The van der Waals surface area contributed by atoms with E-state index in [0.717, 1.165) is 5.69 Å². The fourth-order valence-corrected chi connectivity index (χ4v) is 1.92. The fourth-order valence-electron chi connectivity index (χ4n) is 1.92. The van der Waals surface area contributed by atoms with Crippen molar-refractivity contribution < 1.29 is 0 Å². The van der Waals surface area contributed by atoms with Crippen molar-refractivity contribution >= 4 is 5.69 Å². The molecule has 0 spiro atoms. The van der Waals surface area contributed by atoms with Gasteiger partial charge in [0.2, 0.25) is 0 Å². The first-order chi connectivity index (χ1) is 7.65. The van der Waals surface area contributed by atoms with Crippen LogP contribution in [0.15, 0.2) is 30.6 Å².